The molecule has 1 aliphatic rings. The van der Waals surface area contributed by atoms with Gasteiger partial charge in [-0.15, -0.1) is 10.0 Å². The first kappa shape index (κ1) is 22.3. The Hall–Kier alpha value is -4.73. The number of ether oxygens (including phenoxy) is 1. The van der Waals surface area contributed by atoms with E-state index in [0.717, 1.165) is 17.2 Å². The molecule has 39 heavy (non-hydrogen) atoms. The number of fused-ring (bicyclic) bond motifs is 5. The molecule has 0 bridgehead atoms. The zero-order chi connectivity index (χ0) is 25.8. The summed E-state index contributed by atoms with van der Waals surface area (Å²) in [5.41, 5.74) is 3.55. The molecule has 1 aromatic heterocycles. The first-order valence-corrected chi connectivity index (χ1v) is 14.8. The first-order valence-electron chi connectivity index (χ1n) is 13.2. The summed E-state index contributed by atoms with van der Waals surface area (Å²) in [4.78, 5) is 5.05. The number of para-hydroxylation sites is 3. The van der Waals surface area contributed by atoms with Gasteiger partial charge in [-0.2, -0.15) is 0 Å². The van der Waals surface area contributed by atoms with Crippen molar-refractivity contribution in [1.29, 1.82) is 0 Å². The first-order chi connectivity index (χ1) is 19.4. The molecule has 8 rings (SSSR count). The minimum atomic E-state index is -1.83. The lowest BCUT2D eigenvalue weighted by Crippen LogP contribution is -2.12. The van der Waals surface area contributed by atoms with Crippen LogP contribution >= 0.6 is 10.0 Å². The van der Waals surface area contributed by atoms with Crippen LogP contribution in [0.25, 0.3) is 27.5 Å². The second kappa shape index (κ2) is 8.65. The number of aromatic nitrogens is 1. The van der Waals surface area contributed by atoms with E-state index in [2.05, 4.69) is 156 Å². The molecule has 186 valence electrons. The fraction of sp³-hybridized carbons (Fsp3) is 0. The van der Waals surface area contributed by atoms with Crippen molar-refractivity contribution in [3.8, 4) is 17.2 Å². The Kier molecular flexibility index (Phi) is 4.94. The molecule has 0 amide bonds. The van der Waals surface area contributed by atoms with Crippen molar-refractivity contribution >= 4 is 31.8 Å². The van der Waals surface area contributed by atoms with Crippen molar-refractivity contribution in [2.24, 2.45) is 0 Å². The minimum Gasteiger partial charge on any atom is -0.455 e. The van der Waals surface area contributed by atoms with Crippen molar-refractivity contribution in [2.75, 3.05) is 0 Å². The van der Waals surface area contributed by atoms with Gasteiger partial charge in [0.15, 0.2) is 0 Å². The van der Waals surface area contributed by atoms with Crippen molar-refractivity contribution in [1.82, 2.24) is 4.57 Å². The number of nitrogens with zero attached hydrogens (tertiary/aromatic N) is 1. The van der Waals surface area contributed by atoms with Gasteiger partial charge in [-0.1, -0.05) is 84.9 Å². The molecule has 1 aliphatic heterocycles. The predicted molar refractivity (Wildman–Crippen MR) is 161 cm³/mol. The van der Waals surface area contributed by atoms with Crippen molar-refractivity contribution in [3.05, 3.63) is 152 Å². The highest BCUT2D eigenvalue weighted by molar-refractivity contribution is 8.34. The molecule has 3 heteroatoms. The maximum atomic E-state index is 6.63. The molecule has 0 atom stereocenters. The van der Waals surface area contributed by atoms with E-state index in [1.54, 1.807) is 0 Å². The van der Waals surface area contributed by atoms with E-state index < -0.39 is 10.0 Å². The summed E-state index contributed by atoms with van der Waals surface area (Å²) in [6.07, 6.45) is 0. The van der Waals surface area contributed by atoms with Crippen molar-refractivity contribution in [2.45, 2.75) is 19.6 Å². The normalized spacial score (nSPS) is 14.4. The van der Waals surface area contributed by atoms with Gasteiger partial charge in [-0.3, -0.25) is 0 Å². The number of hydrogen-bond acceptors (Lipinski definition) is 1. The third kappa shape index (κ3) is 3.17. The van der Waals surface area contributed by atoms with Crippen LogP contribution in [0.3, 0.4) is 0 Å². The smallest absolute Gasteiger partial charge is 0.140 e. The van der Waals surface area contributed by atoms with Crippen LogP contribution in [0.1, 0.15) is 0 Å². The lowest BCUT2D eigenvalue weighted by atomic mass is 10.2. The molecular weight excluding hydrogens is 494 g/mol. The summed E-state index contributed by atoms with van der Waals surface area (Å²) in [5, 5.41) is 2.52. The minimum absolute atomic E-state index is 0.918. The van der Waals surface area contributed by atoms with Gasteiger partial charge in [0.1, 0.15) is 11.5 Å². The Labute approximate surface area is 229 Å². The molecule has 0 unspecified atom stereocenters. The summed E-state index contributed by atoms with van der Waals surface area (Å²) in [7, 11) is -1.83. The van der Waals surface area contributed by atoms with Crippen LogP contribution in [0.2, 0.25) is 0 Å². The van der Waals surface area contributed by atoms with Crippen LogP contribution in [-0.4, -0.2) is 4.57 Å². The molecule has 0 fully saturated rings. The average Bonchev–Trinajstić information content (AvgIpc) is 3.35. The lowest BCUT2D eigenvalue weighted by Gasteiger charge is -2.46. The largest absolute Gasteiger partial charge is 0.455 e. The fourth-order valence-corrected chi connectivity index (χ4v) is 10.1. The molecule has 6 aromatic carbocycles. The Balaban J connectivity index is 1.50. The maximum absolute atomic E-state index is 6.63. The number of hydrogen-bond donors (Lipinski definition) is 0. The van der Waals surface area contributed by atoms with Crippen LogP contribution in [0.4, 0.5) is 0 Å². The quantitative estimate of drug-likeness (QED) is 0.226. The van der Waals surface area contributed by atoms with E-state index in [0.29, 0.717) is 0 Å². The molecule has 0 N–H and O–H groups in total. The van der Waals surface area contributed by atoms with E-state index in [9.17, 15) is 0 Å². The lowest BCUT2D eigenvalue weighted by molar-refractivity contribution is 0.452. The van der Waals surface area contributed by atoms with Gasteiger partial charge in [-0.05, 0) is 66.7 Å². The van der Waals surface area contributed by atoms with Gasteiger partial charge in [0.25, 0.3) is 0 Å². The molecule has 0 radical (unpaired) electrons. The summed E-state index contributed by atoms with van der Waals surface area (Å²) in [6.45, 7) is 0. The van der Waals surface area contributed by atoms with E-state index in [4.69, 9.17) is 4.74 Å². The maximum Gasteiger partial charge on any atom is 0.140 e. The Morgan fingerprint density at radius 1 is 0.436 bits per heavy atom. The Bertz CT molecular complexity index is 1900. The highest BCUT2D eigenvalue weighted by Gasteiger charge is 2.41. The SMILES string of the molecule is c1ccc(S2(c3ccccc3)c3ccccc3Oc3ccc(-n4c5ccccc5c5ccccc54)cc32)cc1. The summed E-state index contributed by atoms with van der Waals surface area (Å²) in [5.74, 6) is 1.85. The van der Waals surface area contributed by atoms with Crippen LogP contribution in [0, 0.1) is 0 Å². The Morgan fingerprint density at radius 2 is 0.949 bits per heavy atom. The monoisotopic (exact) mass is 519 g/mol. The second-order valence-electron chi connectivity index (χ2n) is 9.79. The topological polar surface area (TPSA) is 14.2 Å². The molecule has 7 aromatic rings. The summed E-state index contributed by atoms with van der Waals surface area (Å²) in [6, 6.07) is 54.6. The standard InChI is InChI=1S/C36H25NOS/c1-3-13-27(14-4-1)39(28-15-5-2-6-16-28)35-22-12-11-21-33(35)38-34-24-23-26(25-36(34)39)37-31-19-9-7-17-29(31)30-18-8-10-20-32(30)37/h1-25H. The van der Waals surface area contributed by atoms with Gasteiger partial charge in [0.2, 0.25) is 0 Å². The third-order valence-electron chi connectivity index (χ3n) is 7.69. The summed E-state index contributed by atoms with van der Waals surface area (Å²) < 4.78 is 9.03. The van der Waals surface area contributed by atoms with E-state index >= 15 is 0 Å². The molecule has 0 saturated carbocycles. The molecule has 0 aliphatic carbocycles. The van der Waals surface area contributed by atoms with Gasteiger partial charge in [-0.25, -0.2) is 0 Å². The zero-order valence-electron chi connectivity index (χ0n) is 21.2. The number of benzene rings is 6. The van der Waals surface area contributed by atoms with Gasteiger partial charge in [0, 0.05) is 36.0 Å². The highest BCUT2D eigenvalue weighted by Crippen LogP contribution is 2.79. The average molecular weight is 520 g/mol. The molecule has 2 nitrogen and oxygen atoms in total. The summed E-state index contributed by atoms with van der Waals surface area (Å²) >= 11 is 0. The molecular formula is C36H25NOS. The molecule has 0 saturated heterocycles. The third-order valence-corrected chi connectivity index (χ3v) is 11.6. The molecule has 2 heterocycles. The van der Waals surface area contributed by atoms with Gasteiger partial charge >= 0.3 is 0 Å². The van der Waals surface area contributed by atoms with Crippen LogP contribution in [-0.2, 0) is 0 Å². The predicted octanol–water partition coefficient (Wildman–Crippen LogP) is 10.2. The number of rotatable bonds is 3. The van der Waals surface area contributed by atoms with Crippen molar-refractivity contribution in [3.63, 3.8) is 0 Å². The van der Waals surface area contributed by atoms with Crippen molar-refractivity contribution < 1.29 is 4.74 Å². The Morgan fingerprint density at radius 3 is 1.59 bits per heavy atom. The zero-order valence-corrected chi connectivity index (χ0v) is 22.0. The van der Waals surface area contributed by atoms with E-state index in [-0.39, 0.29) is 0 Å². The second-order valence-corrected chi connectivity index (χ2v) is 12.8. The molecule has 0 spiro atoms. The van der Waals surface area contributed by atoms with Crippen LogP contribution in [0.5, 0.6) is 11.5 Å². The van der Waals surface area contributed by atoms with E-state index in [1.807, 2.05) is 0 Å². The van der Waals surface area contributed by atoms with Gasteiger partial charge < -0.3 is 9.30 Å². The highest BCUT2D eigenvalue weighted by atomic mass is 32.3. The van der Waals surface area contributed by atoms with Gasteiger partial charge in [0.05, 0.1) is 11.0 Å². The fourth-order valence-electron chi connectivity index (χ4n) is 6.08. The van der Waals surface area contributed by atoms with Crippen LogP contribution in [0.15, 0.2) is 171 Å². The van der Waals surface area contributed by atoms with E-state index in [1.165, 1.54) is 41.4 Å². The van der Waals surface area contributed by atoms with Crippen LogP contribution < -0.4 is 4.74 Å².